The van der Waals surface area contributed by atoms with E-state index in [2.05, 4.69) is 4.98 Å². The maximum absolute atomic E-state index is 14.3. The summed E-state index contributed by atoms with van der Waals surface area (Å²) in [4.78, 5) is 19.4. The number of rotatable bonds is 10. The second kappa shape index (κ2) is 12.9. The molecule has 0 saturated heterocycles. The van der Waals surface area contributed by atoms with E-state index in [0.29, 0.717) is 34.6 Å². The van der Waals surface area contributed by atoms with Crippen molar-refractivity contribution in [3.8, 4) is 6.07 Å². The van der Waals surface area contributed by atoms with Crippen LogP contribution in [0.15, 0.2) is 54.3 Å². The van der Waals surface area contributed by atoms with Crippen molar-refractivity contribution in [3.63, 3.8) is 0 Å². The molecule has 0 fully saturated rings. The second-order valence-corrected chi connectivity index (χ2v) is 12.2. The third-order valence-electron chi connectivity index (χ3n) is 6.70. The third-order valence-corrected chi connectivity index (χ3v) is 8.38. The highest BCUT2D eigenvalue weighted by atomic mass is 32.2. The molecule has 1 aromatic carbocycles. The summed E-state index contributed by atoms with van der Waals surface area (Å²) in [6.07, 6.45) is -1.19. The molecule has 3 aromatic rings. The number of amides is 1. The number of carbonyl (C=O) groups is 1. The van der Waals surface area contributed by atoms with Crippen LogP contribution in [0.5, 0.6) is 0 Å². The van der Waals surface area contributed by atoms with E-state index in [4.69, 9.17) is 5.26 Å². The van der Waals surface area contributed by atoms with Gasteiger partial charge in [0.05, 0.1) is 41.2 Å². The van der Waals surface area contributed by atoms with E-state index in [1.807, 2.05) is 6.07 Å². The molecule has 7 nitrogen and oxygen atoms in total. The highest BCUT2D eigenvalue weighted by molar-refractivity contribution is 7.91. The van der Waals surface area contributed by atoms with Gasteiger partial charge in [-0.2, -0.15) is 18.4 Å². The number of alkyl halides is 3. The Balaban J connectivity index is 2.13. The minimum atomic E-state index is -4.98. The van der Waals surface area contributed by atoms with E-state index in [1.54, 1.807) is 32.9 Å². The highest BCUT2D eigenvalue weighted by Gasteiger charge is 2.35. The standard InChI is InChI=1S/C29H29F5N4O3S/c1-5-42(40,41)13-12-37(26(39)15-21-8-10-24(31)23(14-21)29(32,33)34)20(4)27-28(19(3)7-6-18(2)16-35)38-17-22(30)9-11-25(38)36-27/h6-11,14,17,20H,5,12-13,15H2,1-4H3/b18-6+,19-7+. The van der Waals surface area contributed by atoms with Crippen LogP contribution < -0.4 is 0 Å². The zero-order valence-corrected chi connectivity index (χ0v) is 24.2. The zero-order chi connectivity index (χ0) is 31.4. The smallest absolute Gasteiger partial charge is 0.333 e. The Morgan fingerprint density at radius 2 is 1.86 bits per heavy atom. The van der Waals surface area contributed by atoms with Gasteiger partial charge in [-0.3, -0.25) is 9.20 Å². The topological polar surface area (TPSA) is 95.5 Å². The third kappa shape index (κ3) is 7.61. The predicted molar refractivity (Wildman–Crippen MR) is 148 cm³/mol. The van der Waals surface area contributed by atoms with Gasteiger partial charge in [-0.05, 0) is 62.2 Å². The molecule has 0 aliphatic rings. The second-order valence-electron chi connectivity index (χ2n) is 9.72. The lowest BCUT2D eigenvalue weighted by Gasteiger charge is -2.29. The van der Waals surface area contributed by atoms with Crippen LogP contribution in [-0.2, 0) is 27.2 Å². The summed E-state index contributed by atoms with van der Waals surface area (Å²) in [6, 6.07) is 5.92. The first kappa shape index (κ1) is 32.5. The number of imidazole rings is 1. The Hall–Kier alpha value is -4.05. The minimum Gasteiger partial charge on any atom is -0.333 e. The first-order chi connectivity index (χ1) is 19.6. The van der Waals surface area contributed by atoms with Crippen molar-refractivity contribution >= 4 is 27.0 Å². The van der Waals surface area contributed by atoms with E-state index in [-0.39, 0.29) is 23.6 Å². The van der Waals surface area contributed by atoms with Gasteiger partial charge in [0.1, 0.15) is 17.3 Å². The molecule has 0 radical (unpaired) electrons. The molecule has 3 rings (SSSR count). The Morgan fingerprint density at radius 3 is 2.48 bits per heavy atom. The molecule has 224 valence electrons. The highest BCUT2D eigenvalue weighted by Crippen LogP contribution is 2.33. The van der Waals surface area contributed by atoms with E-state index >= 15 is 0 Å². The fraction of sp³-hybridized carbons (Fsp3) is 0.345. The molecule has 0 aliphatic carbocycles. The molecule has 0 saturated carbocycles. The van der Waals surface area contributed by atoms with Crippen LogP contribution in [0, 0.1) is 23.0 Å². The van der Waals surface area contributed by atoms with E-state index in [1.165, 1.54) is 34.6 Å². The van der Waals surface area contributed by atoms with Crippen LogP contribution in [0.2, 0.25) is 0 Å². The van der Waals surface area contributed by atoms with Gasteiger partial charge in [0.2, 0.25) is 5.91 Å². The lowest BCUT2D eigenvalue weighted by Crippen LogP contribution is -2.39. The molecular weight excluding hydrogens is 579 g/mol. The van der Waals surface area contributed by atoms with E-state index in [9.17, 15) is 35.2 Å². The summed E-state index contributed by atoms with van der Waals surface area (Å²) in [6.45, 7) is 6.00. The quantitative estimate of drug-likeness (QED) is 0.158. The number of aromatic nitrogens is 2. The van der Waals surface area contributed by atoms with Crippen molar-refractivity contribution in [2.75, 3.05) is 18.1 Å². The van der Waals surface area contributed by atoms with Gasteiger partial charge < -0.3 is 4.90 Å². The fourth-order valence-electron chi connectivity index (χ4n) is 4.33. The molecular formula is C29H29F5N4O3S. The number of carbonyl (C=O) groups excluding carboxylic acids is 1. The number of fused-ring (bicyclic) bond motifs is 1. The number of hydrogen-bond acceptors (Lipinski definition) is 5. The predicted octanol–water partition coefficient (Wildman–Crippen LogP) is 6.07. The lowest BCUT2D eigenvalue weighted by molar-refractivity contribution is -0.140. The molecule has 1 amide bonds. The van der Waals surface area contributed by atoms with Crippen molar-refractivity contribution in [3.05, 3.63) is 88.4 Å². The Bertz CT molecular complexity index is 1700. The van der Waals surface area contributed by atoms with Crippen LogP contribution >= 0.6 is 0 Å². The number of sulfone groups is 1. The summed E-state index contributed by atoms with van der Waals surface area (Å²) in [5, 5.41) is 9.11. The summed E-state index contributed by atoms with van der Waals surface area (Å²) in [5.41, 5.74) is 0.284. The van der Waals surface area contributed by atoms with E-state index in [0.717, 1.165) is 6.07 Å². The largest absolute Gasteiger partial charge is 0.419 e. The maximum atomic E-state index is 14.3. The molecule has 0 spiro atoms. The van der Waals surface area contributed by atoms with Crippen molar-refractivity contribution < 1.29 is 35.2 Å². The summed E-state index contributed by atoms with van der Waals surface area (Å²) < 4.78 is 94.1. The van der Waals surface area contributed by atoms with Crippen molar-refractivity contribution in [2.45, 2.75) is 46.3 Å². The minimum absolute atomic E-state index is 0.116. The molecule has 2 aromatic heterocycles. The molecule has 1 unspecified atom stereocenters. The van der Waals surface area contributed by atoms with E-state index < -0.39 is 57.3 Å². The molecule has 42 heavy (non-hydrogen) atoms. The molecule has 1 atom stereocenters. The monoisotopic (exact) mass is 608 g/mol. The summed E-state index contributed by atoms with van der Waals surface area (Å²) in [5.74, 6) is -3.39. The fourth-order valence-corrected chi connectivity index (χ4v) is 5.09. The number of hydrogen-bond donors (Lipinski definition) is 0. The van der Waals surface area contributed by atoms with Gasteiger partial charge in [0.15, 0.2) is 9.84 Å². The average Bonchev–Trinajstić information content (AvgIpc) is 3.30. The van der Waals surface area contributed by atoms with Gasteiger partial charge in [0, 0.05) is 24.1 Å². The molecule has 0 aliphatic heterocycles. The molecule has 13 heteroatoms. The number of halogens is 5. The van der Waals surface area contributed by atoms with Crippen LogP contribution in [-0.4, -0.2) is 46.7 Å². The van der Waals surface area contributed by atoms with Crippen LogP contribution in [0.3, 0.4) is 0 Å². The Morgan fingerprint density at radius 1 is 1.17 bits per heavy atom. The number of allylic oxidation sites excluding steroid dienone is 4. The van der Waals surface area contributed by atoms with Gasteiger partial charge in [-0.25, -0.2) is 22.2 Å². The molecule has 0 N–H and O–H groups in total. The first-order valence-corrected chi connectivity index (χ1v) is 14.7. The lowest BCUT2D eigenvalue weighted by atomic mass is 10.0. The average molecular weight is 609 g/mol. The van der Waals surface area contributed by atoms with Gasteiger partial charge in [0.25, 0.3) is 0 Å². The summed E-state index contributed by atoms with van der Waals surface area (Å²) in [7, 11) is -3.56. The van der Waals surface area contributed by atoms with Gasteiger partial charge >= 0.3 is 6.18 Å². The van der Waals surface area contributed by atoms with Crippen molar-refractivity contribution in [1.82, 2.24) is 14.3 Å². The van der Waals surface area contributed by atoms with Gasteiger partial charge in [-0.1, -0.05) is 19.1 Å². The van der Waals surface area contributed by atoms with Crippen molar-refractivity contribution in [2.24, 2.45) is 0 Å². The number of pyridine rings is 1. The number of benzene rings is 1. The first-order valence-electron chi connectivity index (χ1n) is 12.9. The number of nitrogens with zero attached hydrogens (tertiary/aromatic N) is 4. The van der Waals surface area contributed by atoms with Crippen LogP contribution in [0.1, 0.15) is 56.3 Å². The Labute approximate surface area is 240 Å². The van der Waals surface area contributed by atoms with Crippen molar-refractivity contribution in [1.29, 1.82) is 5.26 Å². The SMILES string of the molecule is CCS(=O)(=O)CCN(C(=O)Cc1ccc(F)c(C(F)(F)F)c1)C(C)c1nc2ccc(F)cn2c1/C(C)=C/C=C(\C)C#N. The Kier molecular flexibility index (Phi) is 9.94. The zero-order valence-electron chi connectivity index (χ0n) is 23.3. The molecule has 0 bridgehead atoms. The van der Waals surface area contributed by atoms with Crippen LogP contribution in [0.25, 0.3) is 11.2 Å². The number of nitriles is 1. The summed E-state index contributed by atoms with van der Waals surface area (Å²) >= 11 is 0. The van der Waals surface area contributed by atoms with Gasteiger partial charge in [-0.15, -0.1) is 0 Å². The molecule has 2 heterocycles. The normalized spacial score (nSPS) is 13.7. The maximum Gasteiger partial charge on any atom is 0.419 e. The van der Waals surface area contributed by atoms with Crippen LogP contribution in [0.4, 0.5) is 22.0 Å².